The summed E-state index contributed by atoms with van der Waals surface area (Å²) in [4.78, 5) is 5.40. The fourth-order valence-electron chi connectivity index (χ4n) is 4.25. The van der Waals surface area contributed by atoms with Crippen LogP contribution in [0.4, 0.5) is 0 Å². The van der Waals surface area contributed by atoms with Gasteiger partial charge in [-0.1, -0.05) is 6.07 Å². The smallest absolute Gasteiger partial charge is 0.183 e. The summed E-state index contributed by atoms with van der Waals surface area (Å²) in [7, 11) is -3.25. The number of nitrogens with zero attached hydrogens (tertiary/aromatic N) is 1. The number of likely N-dealkylation sites (tertiary alicyclic amines) is 1. The topological polar surface area (TPSA) is 50.5 Å². The van der Waals surface area contributed by atoms with Crippen LogP contribution in [0.5, 0.6) is 0 Å². The fourth-order valence-corrected chi connectivity index (χ4v) is 7.38. The van der Waals surface area contributed by atoms with Crippen molar-refractivity contribution in [3.05, 3.63) is 64.2 Å². The molecular weight excluding hydrogens is 366 g/mol. The van der Waals surface area contributed by atoms with Crippen LogP contribution >= 0.6 is 11.3 Å². The molecule has 0 saturated carbocycles. The van der Waals surface area contributed by atoms with Gasteiger partial charge in [0.05, 0.1) is 22.7 Å². The number of fused-ring (bicyclic) bond motifs is 3. The van der Waals surface area contributed by atoms with Crippen LogP contribution in [-0.4, -0.2) is 31.7 Å². The van der Waals surface area contributed by atoms with E-state index in [2.05, 4.69) is 24.0 Å². The van der Waals surface area contributed by atoms with Crippen LogP contribution in [0.1, 0.15) is 21.2 Å². The van der Waals surface area contributed by atoms with Crippen molar-refractivity contribution >= 4 is 21.2 Å². The molecule has 0 aliphatic carbocycles. The summed E-state index contributed by atoms with van der Waals surface area (Å²) in [5.41, 5.74) is 2.97. The van der Waals surface area contributed by atoms with E-state index in [4.69, 9.17) is 4.42 Å². The second kappa shape index (κ2) is 5.81. The van der Waals surface area contributed by atoms with Gasteiger partial charge in [0.15, 0.2) is 9.84 Å². The minimum atomic E-state index is -3.25. The molecule has 1 aromatic carbocycles. The van der Waals surface area contributed by atoms with Crippen molar-refractivity contribution in [2.24, 2.45) is 0 Å². The lowest BCUT2D eigenvalue weighted by molar-refractivity contribution is 0.328. The fraction of sp³-hybridized carbons (Fsp3) is 0.300. The number of sulfone groups is 1. The summed E-state index contributed by atoms with van der Waals surface area (Å²) >= 11 is 1.79. The monoisotopic (exact) mass is 385 g/mol. The van der Waals surface area contributed by atoms with Gasteiger partial charge < -0.3 is 4.42 Å². The average molecular weight is 386 g/mol. The number of benzene rings is 1. The molecule has 1 fully saturated rings. The van der Waals surface area contributed by atoms with Crippen LogP contribution in [0.2, 0.25) is 0 Å². The molecule has 6 heteroatoms. The summed E-state index contributed by atoms with van der Waals surface area (Å²) in [6.45, 7) is 4.34. The average Bonchev–Trinajstić information content (AvgIpc) is 3.37. The molecule has 2 aromatic heterocycles. The first-order valence-electron chi connectivity index (χ1n) is 8.70. The van der Waals surface area contributed by atoms with E-state index >= 15 is 0 Å². The Morgan fingerprint density at radius 3 is 2.77 bits per heavy atom. The van der Waals surface area contributed by atoms with E-state index < -0.39 is 9.84 Å². The molecule has 0 amide bonds. The van der Waals surface area contributed by atoms with E-state index in [0.29, 0.717) is 11.4 Å². The van der Waals surface area contributed by atoms with Gasteiger partial charge in [-0.25, -0.2) is 8.42 Å². The Morgan fingerprint density at radius 2 is 2.04 bits per heavy atom. The van der Waals surface area contributed by atoms with Gasteiger partial charge in [-0.15, -0.1) is 11.3 Å². The van der Waals surface area contributed by atoms with Gasteiger partial charge >= 0.3 is 0 Å². The maximum atomic E-state index is 13.0. The summed E-state index contributed by atoms with van der Waals surface area (Å²) in [6.07, 6.45) is 3.34. The van der Waals surface area contributed by atoms with Crippen LogP contribution in [0.25, 0.3) is 11.1 Å². The minimum Gasteiger partial charge on any atom is -0.472 e. The van der Waals surface area contributed by atoms with Crippen molar-refractivity contribution in [1.29, 1.82) is 0 Å². The molecule has 0 N–H and O–H groups in total. The Bertz CT molecular complexity index is 1070. The molecular formula is C20H19NO3S2. The van der Waals surface area contributed by atoms with Gasteiger partial charge in [0, 0.05) is 40.9 Å². The van der Waals surface area contributed by atoms with Gasteiger partial charge in [0.1, 0.15) is 0 Å². The SMILES string of the molecule is Cc1ccc(CN2C[C@@H]3c4cc(-c5ccoc5)ccc4S(=O)(=O)[C@H]3C2)s1. The van der Waals surface area contributed by atoms with E-state index in [-0.39, 0.29) is 11.2 Å². The Morgan fingerprint density at radius 1 is 1.15 bits per heavy atom. The van der Waals surface area contributed by atoms with Crippen molar-refractivity contribution < 1.29 is 12.8 Å². The zero-order valence-electron chi connectivity index (χ0n) is 14.4. The van der Waals surface area contributed by atoms with Gasteiger partial charge in [-0.3, -0.25) is 4.90 Å². The molecule has 1 saturated heterocycles. The van der Waals surface area contributed by atoms with Crippen LogP contribution in [0.15, 0.2) is 58.2 Å². The predicted molar refractivity (Wildman–Crippen MR) is 102 cm³/mol. The predicted octanol–water partition coefficient (Wildman–Crippen LogP) is 4.07. The largest absolute Gasteiger partial charge is 0.472 e. The third-order valence-corrected chi connectivity index (χ3v) is 8.73. The van der Waals surface area contributed by atoms with Crippen molar-refractivity contribution in [2.75, 3.05) is 13.1 Å². The van der Waals surface area contributed by atoms with Gasteiger partial charge in [-0.05, 0) is 48.4 Å². The highest BCUT2D eigenvalue weighted by molar-refractivity contribution is 7.92. The number of thiophene rings is 1. The van der Waals surface area contributed by atoms with Crippen molar-refractivity contribution in [1.82, 2.24) is 4.90 Å². The summed E-state index contributed by atoms with van der Waals surface area (Å²) in [6, 6.07) is 11.9. The standard InChI is InChI=1S/C20H19NO3S2/c1-13-2-4-16(25-13)9-21-10-18-17-8-14(15-6-7-24-12-15)3-5-19(17)26(22,23)20(18)11-21/h2-8,12,18,20H,9-11H2,1H3/t18-,20+/m1/s1. The van der Waals surface area contributed by atoms with Crippen molar-refractivity contribution in [2.45, 2.75) is 29.5 Å². The first kappa shape index (κ1) is 16.3. The Labute approximate surface area is 157 Å². The summed E-state index contributed by atoms with van der Waals surface area (Å²) in [5, 5.41) is -0.321. The zero-order valence-corrected chi connectivity index (χ0v) is 16.0. The highest BCUT2D eigenvalue weighted by atomic mass is 32.2. The normalized spacial score (nSPS) is 23.9. The minimum absolute atomic E-state index is 0.0583. The van der Waals surface area contributed by atoms with E-state index in [9.17, 15) is 8.42 Å². The first-order chi connectivity index (χ1) is 12.5. The molecule has 3 aromatic rings. The molecule has 26 heavy (non-hydrogen) atoms. The molecule has 5 rings (SSSR count). The lowest BCUT2D eigenvalue weighted by Gasteiger charge is -2.16. The number of rotatable bonds is 3. The molecule has 2 aliphatic rings. The highest BCUT2D eigenvalue weighted by Gasteiger charge is 2.50. The Hall–Kier alpha value is -1.89. The Kier molecular flexibility index (Phi) is 3.64. The Balaban J connectivity index is 1.48. The first-order valence-corrected chi connectivity index (χ1v) is 11.1. The lowest BCUT2D eigenvalue weighted by atomic mass is 9.95. The molecule has 0 unspecified atom stereocenters. The molecule has 2 aliphatic heterocycles. The number of hydrogen-bond acceptors (Lipinski definition) is 5. The number of furan rings is 1. The van der Waals surface area contributed by atoms with Crippen molar-refractivity contribution in [3.63, 3.8) is 0 Å². The van der Waals surface area contributed by atoms with E-state index in [1.165, 1.54) is 9.75 Å². The maximum absolute atomic E-state index is 13.0. The molecule has 134 valence electrons. The number of hydrogen-bond donors (Lipinski definition) is 0. The molecule has 0 radical (unpaired) electrons. The van der Waals surface area contributed by atoms with Gasteiger partial charge in [-0.2, -0.15) is 0 Å². The van der Waals surface area contributed by atoms with Gasteiger partial charge in [0.2, 0.25) is 0 Å². The molecule has 0 spiro atoms. The highest BCUT2D eigenvalue weighted by Crippen LogP contribution is 2.46. The van der Waals surface area contributed by atoms with E-state index in [1.807, 2.05) is 18.2 Å². The molecule has 4 heterocycles. The van der Waals surface area contributed by atoms with Crippen LogP contribution < -0.4 is 0 Å². The van der Waals surface area contributed by atoms with Crippen molar-refractivity contribution in [3.8, 4) is 11.1 Å². The van der Waals surface area contributed by atoms with Crippen LogP contribution in [-0.2, 0) is 16.4 Å². The molecule has 2 atom stereocenters. The molecule has 4 nitrogen and oxygen atoms in total. The van der Waals surface area contributed by atoms with E-state index in [0.717, 1.165) is 29.8 Å². The quantitative estimate of drug-likeness (QED) is 0.682. The second-order valence-corrected chi connectivity index (χ2v) is 10.7. The third-order valence-electron chi connectivity index (χ3n) is 5.49. The number of aryl methyl sites for hydroxylation is 1. The van der Waals surface area contributed by atoms with Crippen LogP contribution in [0, 0.1) is 6.92 Å². The summed E-state index contributed by atoms with van der Waals surface area (Å²) < 4.78 is 31.2. The third kappa shape index (κ3) is 2.47. The van der Waals surface area contributed by atoms with E-state index in [1.54, 1.807) is 29.9 Å². The zero-order chi connectivity index (χ0) is 17.9. The lowest BCUT2D eigenvalue weighted by Crippen LogP contribution is -2.25. The van der Waals surface area contributed by atoms with Gasteiger partial charge in [0.25, 0.3) is 0 Å². The van der Waals surface area contributed by atoms with Crippen LogP contribution in [0.3, 0.4) is 0 Å². The second-order valence-electron chi connectivity index (χ2n) is 7.16. The molecule has 0 bridgehead atoms. The maximum Gasteiger partial charge on any atom is 0.183 e. The summed E-state index contributed by atoms with van der Waals surface area (Å²) in [5.74, 6) is 0.0583.